The minimum atomic E-state index is -1.66. The molecule has 4 heteroatoms. The summed E-state index contributed by atoms with van der Waals surface area (Å²) in [5.41, 5.74) is 0. The maximum atomic E-state index is 10.3. The van der Waals surface area contributed by atoms with Crippen LogP contribution in [0, 0.1) is 0 Å². The first kappa shape index (κ1) is 14.1. The van der Waals surface area contributed by atoms with Crippen molar-refractivity contribution in [1.29, 1.82) is 0 Å². The molecule has 2 nitrogen and oxygen atoms in total. The molecular weight excluding hydrogens is 216 g/mol. The van der Waals surface area contributed by atoms with Gasteiger partial charge in [-0.25, -0.2) is 0 Å². The molecule has 0 fully saturated rings. The summed E-state index contributed by atoms with van der Waals surface area (Å²) in [7, 11) is -1.66. The molecular formula is C10H21ClO2Si. The third-order valence-electron chi connectivity index (χ3n) is 2.81. The molecule has 0 rings (SSSR count). The minimum absolute atomic E-state index is 0.218. The van der Waals surface area contributed by atoms with E-state index in [-0.39, 0.29) is 5.04 Å². The van der Waals surface area contributed by atoms with Gasteiger partial charge in [-0.3, -0.25) is 0 Å². The van der Waals surface area contributed by atoms with E-state index in [1.165, 1.54) is 0 Å². The zero-order valence-corrected chi connectivity index (χ0v) is 11.5. The predicted octanol–water partition coefficient (Wildman–Crippen LogP) is 3.20. The van der Waals surface area contributed by atoms with Crippen molar-refractivity contribution in [3.8, 4) is 0 Å². The lowest BCUT2D eigenvalue weighted by atomic mass is 10.2. The van der Waals surface area contributed by atoms with Gasteiger partial charge in [0.15, 0.2) is 8.32 Å². The number of alkyl halides is 1. The van der Waals surface area contributed by atoms with Gasteiger partial charge in [0.05, 0.1) is 5.38 Å². The quantitative estimate of drug-likeness (QED) is 0.416. The maximum Gasteiger partial charge on any atom is 0.191 e. The van der Waals surface area contributed by atoms with E-state index in [0.717, 1.165) is 6.29 Å². The lowest BCUT2D eigenvalue weighted by molar-refractivity contribution is -0.107. The molecule has 0 aliphatic carbocycles. The lowest BCUT2D eigenvalue weighted by Crippen LogP contribution is -2.41. The molecule has 0 aromatic heterocycles. The van der Waals surface area contributed by atoms with Crippen LogP contribution in [0.15, 0.2) is 0 Å². The molecule has 0 unspecified atom stereocenters. The summed E-state index contributed by atoms with van der Waals surface area (Å²) in [4.78, 5) is 10.3. The van der Waals surface area contributed by atoms with Gasteiger partial charge in [0.25, 0.3) is 0 Å². The van der Waals surface area contributed by atoms with Crippen molar-refractivity contribution < 1.29 is 9.22 Å². The third kappa shape index (κ3) is 4.58. The first-order valence-corrected chi connectivity index (χ1v) is 8.28. The van der Waals surface area contributed by atoms with E-state index in [4.69, 9.17) is 16.0 Å². The second-order valence-corrected chi connectivity index (χ2v) is 10.4. The van der Waals surface area contributed by atoms with Gasteiger partial charge in [0.1, 0.15) is 6.29 Å². The number of halogens is 1. The zero-order chi connectivity index (χ0) is 11.4. The summed E-state index contributed by atoms with van der Waals surface area (Å²) in [6, 6.07) is 0. The van der Waals surface area contributed by atoms with Gasteiger partial charge in [-0.15, -0.1) is 11.6 Å². The number of hydrogen-bond donors (Lipinski definition) is 0. The molecule has 0 aromatic rings. The highest BCUT2D eigenvalue weighted by Gasteiger charge is 2.36. The fourth-order valence-corrected chi connectivity index (χ4v) is 1.86. The van der Waals surface area contributed by atoms with Crippen LogP contribution in [0.3, 0.4) is 0 Å². The van der Waals surface area contributed by atoms with E-state index in [1.807, 2.05) is 0 Å². The Hall–Kier alpha value is 0.137. The monoisotopic (exact) mass is 236 g/mol. The van der Waals surface area contributed by atoms with Crippen LogP contribution in [0.1, 0.15) is 27.2 Å². The SMILES string of the molecule is CC(C)(C)[Si](C)(C)OCC[C@H](Cl)C=O. The van der Waals surface area contributed by atoms with Crippen LogP contribution in [0.5, 0.6) is 0 Å². The summed E-state index contributed by atoms with van der Waals surface area (Å²) in [6.45, 7) is 11.5. The van der Waals surface area contributed by atoms with E-state index in [9.17, 15) is 4.79 Å². The molecule has 1 atom stereocenters. The van der Waals surface area contributed by atoms with Crippen molar-refractivity contribution >= 4 is 26.2 Å². The molecule has 0 aliphatic rings. The van der Waals surface area contributed by atoms with Crippen molar-refractivity contribution in [3.05, 3.63) is 0 Å². The van der Waals surface area contributed by atoms with Crippen LogP contribution >= 0.6 is 11.6 Å². The van der Waals surface area contributed by atoms with Crippen molar-refractivity contribution in [2.75, 3.05) is 6.61 Å². The molecule has 0 saturated carbocycles. The Balaban J connectivity index is 3.95. The predicted molar refractivity (Wildman–Crippen MR) is 63.5 cm³/mol. The molecule has 84 valence electrons. The topological polar surface area (TPSA) is 26.3 Å². The molecule has 0 heterocycles. The Kier molecular flexibility index (Phi) is 5.34. The van der Waals surface area contributed by atoms with Gasteiger partial charge >= 0.3 is 0 Å². The Labute approximate surface area is 93.1 Å². The van der Waals surface area contributed by atoms with Crippen LogP contribution < -0.4 is 0 Å². The van der Waals surface area contributed by atoms with E-state index in [2.05, 4.69) is 33.9 Å². The number of carbonyl (C=O) groups excluding carboxylic acids is 1. The molecule has 0 aromatic carbocycles. The van der Waals surface area contributed by atoms with Crippen molar-refractivity contribution in [2.45, 2.75) is 50.7 Å². The summed E-state index contributed by atoms with van der Waals surface area (Å²) in [5.74, 6) is 0. The van der Waals surface area contributed by atoms with Crippen LogP contribution in [-0.4, -0.2) is 26.6 Å². The van der Waals surface area contributed by atoms with Gasteiger partial charge in [-0.1, -0.05) is 20.8 Å². The van der Waals surface area contributed by atoms with Crippen LogP contribution in [-0.2, 0) is 9.22 Å². The zero-order valence-electron chi connectivity index (χ0n) is 9.76. The van der Waals surface area contributed by atoms with Crippen LogP contribution in [0.2, 0.25) is 18.1 Å². The fourth-order valence-electron chi connectivity index (χ4n) is 0.711. The summed E-state index contributed by atoms with van der Waals surface area (Å²) in [6.07, 6.45) is 1.37. The van der Waals surface area contributed by atoms with Gasteiger partial charge in [-0.05, 0) is 24.6 Å². The average Bonchev–Trinajstić information content (AvgIpc) is 2.01. The number of aldehydes is 1. The first-order valence-electron chi connectivity index (χ1n) is 4.94. The maximum absolute atomic E-state index is 10.3. The molecule has 0 radical (unpaired) electrons. The molecule has 0 aliphatic heterocycles. The normalized spacial score (nSPS) is 15.3. The second-order valence-electron chi connectivity index (χ2n) is 5.05. The number of hydrogen-bond acceptors (Lipinski definition) is 2. The second kappa shape index (κ2) is 5.28. The third-order valence-corrected chi connectivity index (χ3v) is 7.67. The van der Waals surface area contributed by atoms with Gasteiger partial charge < -0.3 is 9.22 Å². The first-order chi connectivity index (χ1) is 6.20. The molecule has 14 heavy (non-hydrogen) atoms. The highest BCUT2D eigenvalue weighted by Crippen LogP contribution is 2.36. The fraction of sp³-hybridized carbons (Fsp3) is 0.900. The summed E-state index contributed by atoms with van der Waals surface area (Å²) < 4.78 is 5.86. The lowest BCUT2D eigenvalue weighted by Gasteiger charge is -2.36. The standard InChI is InChI=1S/C10H21ClO2Si/c1-10(2,3)14(4,5)13-7-6-9(11)8-12/h8-9H,6-7H2,1-5H3/t9-/m0/s1. The van der Waals surface area contributed by atoms with Gasteiger partial charge in [-0.2, -0.15) is 0 Å². The number of rotatable bonds is 5. The average molecular weight is 237 g/mol. The van der Waals surface area contributed by atoms with Gasteiger partial charge in [0.2, 0.25) is 0 Å². The van der Waals surface area contributed by atoms with Crippen LogP contribution in [0.4, 0.5) is 0 Å². The molecule has 0 bridgehead atoms. The molecule has 0 amide bonds. The Morgan fingerprint density at radius 1 is 1.43 bits per heavy atom. The Bertz CT molecular complexity index is 187. The molecule has 0 spiro atoms. The van der Waals surface area contributed by atoms with E-state index < -0.39 is 13.7 Å². The van der Waals surface area contributed by atoms with Crippen molar-refractivity contribution in [1.82, 2.24) is 0 Å². The Morgan fingerprint density at radius 2 is 1.93 bits per heavy atom. The Morgan fingerprint density at radius 3 is 2.29 bits per heavy atom. The van der Waals surface area contributed by atoms with Gasteiger partial charge in [0, 0.05) is 6.61 Å². The van der Waals surface area contributed by atoms with E-state index in [0.29, 0.717) is 13.0 Å². The van der Waals surface area contributed by atoms with E-state index >= 15 is 0 Å². The highest BCUT2D eigenvalue weighted by molar-refractivity contribution is 6.74. The largest absolute Gasteiger partial charge is 0.417 e. The van der Waals surface area contributed by atoms with Crippen molar-refractivity contribution in [3.63, 3.8) is 0 Å². The summed E-state index contributed by atoms with van der Waals surface area (Å²) in [5, 5.41) is -0.185. The summed E-state index contributed by atoms with van der Waals surface area (Å²) >= 11 is 5.68. The number of carbonyl (C=O) groups is 1. The molecule has 0 saturated heterocycles. The molecule has 0 N–H and O–H groups in total. The van der Waals surface area contributed by atoms with Crippen molar-refractivity contribution in [2.24, 2.45) is 0 Å². The minimum Gasteiger partial charge on any atom is -0.417 e. The highest BCUT2D eigenvalue weighted by atomic mass is 35.5. The van der Waals surface area contributed by atoms with E-state index in [1.54, 1.807) is 0 Å². The van der Waals surface area contributed by atoms with Crippen LogP contribution in [0.25, 0.3) is 0 Å². The smallest absolute Gasteiger partial charge is 0.191 e.